The lowest BCUT2D eigenvalue weighted by Gasteiger charge is -2.16. The van der Waals surface area contributed by atoms with Crippen molar-refractivity contribution in [3.8, 4) is 0 Å². The van der Waals surface area contributed by atoms with Crippen LogP contribution in [-0.2, 0) is 0 Å². The minimum absolute atomic E-state index is 0.0155. The van der Waals surface area contributed by atoms with Crippen LogP contribution in [0.4, 0.5) is 10.5 Å². The molecule has 110 valence electrons. The Balaban J connectivity index is 1.79. The molecule has 0 saturated heterocycles. The average molecular weight is 275 g/mol. The van der Waals surface area contributed by atoms with Crippen LogP contribution in [0.5, 0.6) is 0 Å². The maximum absolute atomic E-state index is 11.8. The van der Waals surface area contributed by atoms with Gasteiger partial charge in [0.05, 0.1) is 0 Å². The Morgan fingerprint density at radius 2 is 2.05 bits per heavy atom. The predicted molar refractivity (Wildman–Crippen MR) is 82.6 cm³/mol. The number of rotatable bonds is 4. The molecule has 1 saturated carbocycles. The molecule has 4 N–H and O–H groups in total. The third-order valence-electron chi connectivity index (χ3n) is 4.26. The molecule has 20 heavy (non-hydrogen) atoms. The molecule has 1 aliphatic rings. The van der Waals surface area contributed by atoms with Gasteiger partial charge in [0, 0.05) is 18.3 Å². The molecule has 0 radical (unpaired) electrons. The summed E-state index contributed by atoms with van der Waals surface area (Å²) in [6, 6.07) is 7.55. The fraction of sp³-hybridized carbons (Fsp3) is 0.562. The van der Waals surface area contributed by atoms with E-state index in [-0.39, 0.29) is 12.1 Å². The van der Waals surface area contributed by atoms with Gasteiger partial charge in [0.1, 0.15) is 0 Å². The zero-order chi connectivity index (χ0) is 14.5. The second-order valence-electron chi connectivity index (χ2n) is 5.91. The van der Waals surface area contributed by atoms with Crippen molar-refractivity contribution in [1.29, 1.82) is 0 Å². The third-order valence-corrected chi connectivity index (χ3v) is 4.26. The van der Waals surface area contributed by atoms with Crippen molar-refractivity contribution < 1.29 is 4.79 Å². The van der Waals surface area contributed by atoms with Crippen molar-refractivity contribution in [2.24, 2.45) is 17.6 Å². The standard InChI is InChI=1S/C16H25N3O/c1-11-4-3-5-14(11)10-18-16(20)19-15-8-6-13(7-9-15)12(2)17/h6-9,11-12,14H,3-5,10,17H2,1-2H3,(H2,18,19,20). The molecule has 2 rings (SSSR count). The summed E-state index contributed by atoms with van der Waals surface area (Å²) in [7, 11) is 0. The fourth-order valence-electron chi connectivity index (χ4n) is 2.79. The number of nitrogens with two attached hydrogens (primary N) is 1. The van der Waals surface area contributed by atoms with E-state index < -0.39 is 0 Å². The number of carbonyl (C=O) groups excluding carboxylic acids is 1. The van der Waals surface area contributed by atoms with E-state index in [0.717, 1.165) is 23.7 Å². The largest absolute Gasteiger partial charge is 0.338 e. The molecular formula is C16H25N3O. The lowest BCUT2D eigenvalue weighted by molar-refractivity contribution is 0.248. The van der Waals surface area contributed by atoms with Crippen LogP contribution in [0.1, 0.15) is 44.7 Å². The van der Waals surface area contributed by atoms with Crippen LogP contribution in [0, 0.1) is 11.8 Å². The summed E-state index contributed by atoms with van der Waals surface area (Å²) in [6.45, 7) is 4.98. The molecule has 1 fully saturated rings. The maximum atomic E-state index is 11.8. The number of anilines is 1. The van der Waals surface area contributed by atoms with Gasteiger partial charge in [-0.05, 0) is 42.9 Å². The molecule has 0 aromatic heterocycles. The predicted octanol–water partition coefficient (Wildman–Crippen LogP) is 3.26. The molecule has 0 heterocycles. The van der Waals surface area contributed by atoms with Crippen molar-refractivity contribution in [3.05, 3.63) is 29.8 Å². The summed E-state index contributed by atoms with van der Waals surface area (Å²) in [4.78, 5) is 11.8. The van der Waals surface area contributed by atoms with Crippen LogP contribution in [0.25, 0.3) is 0 Å². The summed E-state index contributed by atoms with van der Waals surface area (Å²) in [5.41, 5.74) is 7.66. The van der Waals surface area contributed by atoms with Crippen LogP contribution >= 0.6 is 0 Å². The number of hydrogen-bond acceptors (Lipinski definition) is 2. The van der Waals surface area contributed by atoms with Crippen molar-refractivity contribution in [3.63, 3.8) is 0 Å². The molecule has 0 aliphatic heterocycles. The van der Waals surface area contributed by atoms with Gasteiger partial charge < -0.3 is 16.4 Å². The van der Waals surface area contributed by atoms with Gasteiger partial charge in [-0.15, -0.1) is 0 Å². The summed E-state index contributed by atoms with van der Waals surface area (Å²) in [5, 5.41) is 5.82. The molecule has 3 atom stereocenters. The first kappa shape index (κ1) is 14.9. The van der Waals surface area contributed by atoms with E-state index in [4.69, 9.17) is 5.73 Å². The summed E-state index contributed by atoms with van der Waals surface area (Å²) in [6.07, 6.45) is 3.80. The van der Waals surface area contributed by atoms with Gasteiger partial charge in [-0.3, -0.25) is 0 Å². The van der Waals surface area contributed by atoms with Crippen LogP contribution in [0.3, 0.4) is 0 Å². The van der Waals surface area contributed by atoms with E-state index in [1.807, 2.05) is 31.2 Å². The lowest BCUT2D eigenvalue weighted by atomic mass is 9.98. The van der Waals surface area contributed by atoms with Crippen molar-refractivity contribution >= 4 is 11.7 Å². The Morgan fingerprint density at radius 3 is 2.60 bits per heavy atom. The van der Waals surface area contributed by atoms with Crippen molar-refractivity contribution in [2.75, 3.05) is 11.9 Å². The highest BCUT2D eigenvalue weighted by molar-refractivity contribution is 5.89. The average Bonchev–Trinajstić information content (AvgIpc) is 2.82. The van der Waals surface area contributed by atoms with Crippen molar-refractivity contribution in [2.45, 2.75) is 39.2 Å². The maximum Gasteiger partial charge on any atom is 0.319 e. The molecule has 0 spiro atoms. The molecule has 3 unspecified atom stereocenters. The highest BCUT2D eigenvalue weighted by atomic mass is 16.2. The van der Waals surface area contributed by atoms with E-state index in [1.54, 1.807) is 0 Å². The van der Waals surface area contributed by atoms with E-state index in [9.17, 15) is 4.79 Å². The van der Waals surface area contributed by atoms with E-state index in [0.29, 0.717) is 5.92 Å². The Labute approximate surface area is 121 Å². The molecule has 1 aromatic rings. The van der Waals surface area contributed by atoms with E-state index in [1.165, 1.54) is 19.3 Å². The number of amides is 2. The van der Waals surface area contributed by atoms with Crippen LogP contribution in [0.15, 0.2) is 24.3 Å². The monoisotopic (exact) mass is 275 g/mol. The SMILES string of the molecule is CC(N)c1ccc(NC(=O)NCC2CCCC2C)cc1. The fourth-order valence-corrected chi connectivity index (χ4v) is 2.79. The Hall–Kier alpha value is -1.55. The lowest BCUT2D eigenvalue weighted by Crippen LogP contribution is -2.33. The van der Waals surface area contributed by atoms with Gasteiger partial charge >= 0.3 is 6.03 Å². The van der Waals surface area contributed by atoms with E-state index in [2.05, 4.69) is 17.6 Å². The van der Waals surface area contributed by atoms with Gasteiger partial charge in [-0.1, -0.05) is 31.9 Å². The van der Waals surface area contributed by atoms with Crippen molar-refractivity contribution in [1.82, 2.24) is 5.32 Å². The minimum Gasteiger partial charge on any atom is -0.338 e. The molecular weight excluding hydrogens is 250 g/mol. The summed E-state index contributed by atoms with van der Waals surface area (Å²) < 4.78 is 0. The molecule has 0 bridgehead atoms. The number of urea groups is 1. The minimum atomic E-state index is -0.127. The summed E-state index contributed by atoms with van der Waals surface area (Å²) >= 11 is 0. The topological polar surface area (TPSA) is 67.1 Å². The zero-order valence-corrected chi connectivity index (χ0v) is 12.4. The second-order valence-corrected chi connectivity index (χ2v) is 5.91. The normalized spacial score (nSPS) is 23.4. The smallest absolute Gasteiger partial charge is 0.319 e. The molecule has 2 amide bonds. The first-order valence-electron chi connectivity index (χ1n) is 7.46. The molecule has 4 nitrogen and oxygen atoms in total. The summed E-state index contributed by atoms with van der Waals surface area (Å²) in [5.74, 6) is 1.35. The van der Waals surface area contributed by atoms with Gasteiger partial charge in [0.25, 0.3) is 0 Å². The first-order chi connectivity index (χ1) is 9.56. The molecule has 1 aliphatic carbocycles. The Morgan fingerprint density at radius 1 is 1.35 bits per heavy atom. The highest BCUT2D eigenvalue weighted by Gasteiger charge is 2.23. The Bertz CT molecular complexity index is 442. The van der Waals surface area contributed by atoms with Crippen LogP contribution in [-0.4, -0.2) is 12.6 Å². The highest BCUT2D eigenvalue weighted by Crippen LogP contribution is 2.30. The van der Waals surface area contributed by atoms with Gasteiger partial charge in [0.2, 0.25) is 0 Å². The third kappa shape index (κ3) is 3.97. The van der Waals surface area contributed by atoms with Gasteiger partial charge in [0.15, 0.2) is 0 Å². The van der Waals surface area contributed by atoms with Crippen LogP contribution < -0.4 is 16.4 Å². The number of carbonyl (C=O) groups is 1. The quantitative estimate of drug-likeness (QED) is 0.789. The van der Waals surface area contributed by atoms with Crippen LogP contribution in [0.2, 0.25) is 0 Å². The second kappa shape index (κ2) is 6.75. The number of hydrogen-bond donors (Lipinski definition) is 3. The zero-order valence-electron chi connectivity index (χ0n) is 12.4. The first-order valence-corrected chi connectivity index (χ1v) is 7.46. The number of nitrogens with one attached hydrogen (secondary N) is 2. The van der Waals surface area contributed by atoms with Gasteiger partial charge in [-0.2, -0.15) is 0 Å². The number of benzene rings is 1. The van der Waals surface area contributed by atoms with E-state index >= 15 is 0 Å². The Kier molecular flexibility index (Phi) is 5.01. The molecule has 4 heteroatoms. The molecule has 1 aromatic carbocycles. The van der Waals surface area contributed by atoms with Gasteiger partial charge in [-0.25, -0.2) is 4.79 Å².